The van der Waals surface area contributed by atoms with E-state index in [0.717, 1.165) is 12.0 Å². The molecular formula is C12H25N. The molecule has 1 rings (SSSR count). The molecular weight excluding hydrogens is 158 g/mol. The fourth-order valence-corrected chi connectivity index (χ4v) is 2.41. The molecule has 0 amide bonds. The second kappa shape index (κ2) is 4.45. The normalized spacial score (nSPS) is 31.4. The third-order valence-corrected chi connectivity index (χ3v) is 3.56. The van der Waals surface area contributed by atoms with Crippen LogP contribution in [0.1, 0.15) is 52.9 Å². The predicted molar refractivity (Wildman–Crippen MR) is 58.9 cm³/mol. The Morgan fingerprint density at radius 1 is 1.08 bits per heavy atom. The van der Waals surface area contributed by atoms with Crippen LogP contribution >= 0.6 is 0 Å². The summed E-state index contributed by atoms with van der Waals surface area (Å²) in [5, 5.41) is 3.45. The molecule has 1 nitrogen and oxygen atoms in total. The molecule has 0 aliphatic heterocycles. The van der Waals surface area contributed by atoms with Crippen molar-refractivity contribution in [2.24, 2.45) is 11.3 Å². The first-order chi connectivity index (χ1) is 6.04. The van der Waals surface area contributed by atoms with Gasteiger partial charge in [0.05, 0.1) is 0 Å². The number of hydrogen-bond donors (Lipinski definition) is 1. The zero-order valence-electron chi connectivity index (χ0n) is 9.69. The first-order valence-corrected chi connectivity index (χ1v) is 5.71. The second-order valence-electron chi connectivity index (χ2n) is 5.57. The molecule has 78 valence electrons. The summed E-state index contributed by atoms with van der Waals surface area (Å²) in [7, 11) is 2.11. The Morgan fingerprint density at radius 2 is 1.69 bits per heavy atom. The van der Waals surface area contributed by atoms with Crippen molar-refractivity contribution in [3.63, 3.8) is 0 Å². The first-order valence-electron chi connectivity index (χ1n) is 5.71. The Morgan fingerprint density at radius 3 is 2.23 bits per heavy atom. The predicted octanol–water partition coefficient (Wildman–Crippen LogP) is 3.20. The third-order valence-electron chi connectivity index (χ3n) is 3.56. The topological polar surface area (TPSA) is 12.0 Å². The first kappa shape index (κ1) is 11.0. The van der Waals surface area contributed by atoms with Gasteiger partial charge in [0.25, 0.3) is 0 Å². The molecule has 0 aromatic rings. The summed E-state index contributed by atoms with van der Waals surface area (Å²) in [6.45, 7) is 7.15. The summed E-state index contributed by atoms with van der Waals surface area (Å²) in [6, 6.07) is 0.770. The fraction of sp³-hybridized carbons (Fsp3) is 1.00. The number of nitrogens with one attached hydrogen (secondary N) is 1. The number of hydrogen-bond acceptors (Lipinski definition) is 1. The fourth-order valence-electron chi connectivity index (χ4n) is 2.41. The van der Waals surface area contributed by atoms with Gasteiger partial charge in [-0.15, -0.1) is 0 Å². The lowest BCUT2D eigenvalue weighted by atomic mass is 9.76. The molecule has 0 aromatic heterocycles. The minimum Gasteiger partial charge on any atom is -0.317 e. The van der Waals surface area contributed by atoms with Gasteiger partial charge in [-0.05, 0) is 37.6 Å². The van der Waals surface area contributed by atoms with Crippen molar-refractivity contribution in [2.75, 3.05) is 7.05 Å². The van der Waals surface area contributed by atoms with Crippen LogP contribution in [0.25, 0.3) is 0 Å². The van der Waals surface area contributed by atoms with E-state index in [4.69, 9.17) is 0 Å². The van der Waals surface area contributed by atoms with E-state index in [-0.39, 0.29) is 0 Å². The molecule has 0 spiro atoms. The van der Waals surface area contributed by atoms with Crippen LogP contribution < -0.4 is 5.32 Å². The van der Waals surface area contributed by atoms with Gasteiger partial charge in [0.1, 0.15) is 0 Å². The Balaban J connectivity index is 2.54. The summed E-state index contributed by atoms with van der Waals surface area (Å²) in [5.41, 5.74) is 0.499. The highest BCUT2D eigenvalue weighted by molar-refractivity contribution is 4.81. The van der Waals surface area contributed by atoms with Crippen molar-refractivity contribution in [1.82, 2.24) is 5.32 Å². The average molecular weight is 183 g/mol. The van der Waals surface area contributed by atoms with E-state index >= 15 is 0 Å². The van der Waals surface area contributed by atoms with Crippen LogP contribution in [0.15, 0.2) is 0 Å². The van der Waals surface area contributed by atoms with Crippen molar-refractivity contribution in [1.29, 1.82) is 0 Å². The Labute approximate surface area is 83.3 Å². The molecule has 2 unspecified atom stereocenters. The molecule has 1 N–H and O–H groups in total. The number of rotatable bonds is 1. The van der Waals surface area contributed by atoms with Gasteiger partial charge in [-0.3, -0.25) is 0 Å². The lowest BCUT2D eigenvalue weighted by Crippen LogP contribution is -2.30. The second-order valence-corrected chi connectivity index (χ2v) is 5.57. The molecule has 13 heavy (non-hydrogen) atoms. The standard InChI is InChI=1S/C12H25N/c1-12(2,3)10-7-5-6-8-11(9-10)13-4/h10-11,13H,5-9H2,1-4H3. The van der Waals surface area contributed by atoms with Gasteiger partial charge in [0.15, 0.2) is 0 Å². The molecule has 0 heterocycles. The Bertz CT molecular complexity index is 146. The summed E-state index contributed by atoms with van der Waals surface area (Å²) < 4.78 is 0. The van der Waals surface area contributed by atoms with Crippen LogP contribution in [-0.4, -0.2) is 13.1 Å². The van der Waals surface area contributed by atoms with Crippen molar-refractivity contribution in [2.45, 2.75) is 58.9 Å². The maximum Gasteiger partial charge on any atom is 0.00669 e. The maximum absolute atomic E-state index is 3.45. The Hall–Kier alpha value is -0.0400. The van der Waals surface area contributed by atoms with E-state index < -0.39 is 0 Å². The van der Waals surface area contributed by atoms with Crippen molar-refractivity contribution in [3.8, 4) is 0 Å². The van der Waals surface area contributed by atoms with Crippen molar-refractivity contribution in [3.05, 3.63) is 0 Å². The summed E-state index contributed by atoms with van der Waals surface area (Å²) in [6.07, 6.45) is 7.03. The highest BCUT2D eigenvalue weighted by Gasteiger charge is 2.28. The molecule has 1 fully saturated rings. The summed E-state index contributed by atoms with van der Waals surface area (Å²) in [5.74, 6) is 0.910. The van der Waals surface area contributed by atoms with Crippen LogP contribution in [0.2, 0.25) is 0 Å². The molecule has 2 atom stereocenters. The zero-order chi connectivity index (χ0) is 9.90. The van der Waals surface area contributed by atoms with Crippen LogP contribution in [0.3, 0.4) is 0 Å². The van der Waals surface area contributed by atoms with Crippen LogP contribution in [0.5, 0.6) is 0 Å². The molecule has 0 aromatic carbocycles. The molecule has 1 aliphatic rings. The minimum atomic E-state index is 0.499. The quantitative estimate of drug-likeness (QED) is 0.616. The Kier molecular flexibility index (Phi) is 3.78. The zero-order valence-corrected chi connectivity index (χ0v) is 9.69. The lowest BCUT2D eigenvalue weighted by Gasteiger charge is -2.31. The summed E-state index contributed by atoms with van der Waals surface area (Å²) >= 11 is 0. The van der Waals surface area contributed by atoms with Gasteiger partial charge in [0.2, 0.25) is 0 Å². The van der Waals surface area contributed by atoms with E-state index in [2.05, 4.69) is 33.1 Å². The molecule has 1 heteroatoms. The minimum absolute atomic E-state index is 0.499. The summed E-state index contributed by atoms with van der Waals surface area (Å²) in [4.78, 5) is 0. The molecule has 0 saturated heterocycles. The van der Waals surface area contributed by atoms with E-state index in [1.807, 2.05) is 0 Å². The van der Waals surface area contributed by atoms with E-state index in [9.17, 15) is 0 Å². The molecule has 1 aliphatic carbocycles. The van der Waals surface area contributed by atoms with Gasteiger partial charge in [-0.1, -0.05) is 33.6 Å². The van der Waals surface area contributed by atoms with E-state index in [1.165, 1.54) is 32.1 Å². The monoisotopic (exact) mass is 183 g/mol. The smallest absolute Gasteiger partial charge is 0.00669 e. The SMILES string of the molecule is CNC1CCCCC(C(C)(C)C)C1. The van der Waals surface area contributed by atoms with Gasteiger partial charge in [-0.2, -0.15) is 0 Å². The van der Waals surface area contributed by atoms with E-state index in [0.29, 0.717) is 5.41 Å². The molecule has 0 radical (unpaired) electrons. The van der Waals surface area contributed by atoms with Crippen LogP contribution in [-0.2, 0) is 0 Å². The molecule has 0 bridgehead atoms. The van der Waals surface area contributed by atoms with Gasteiger partial charge in [0, 0.05) is 6.04 Å². The van der Waals surface area contributed by atoms with Gasteiger partial charge in [-0.25, -0.2) is 0 Å². The van der Waals surface area contributed by atoms with Crippen LogP contribution in [0.4, 0.5) is 0 Å². The average Bonchev–Trinajstić information content (AvgIpc) is 2.27. The third kappa shape index (κ3) is 3.30. The highest BCUT2D eigenvalue weighted by atomic mass is 14.9. The van der Waals surface area contributed by atoms with E-state index in [1.54, 1.807) is 0 Å². The maximum atomic E-state index is 3.45. The lowest BCUT2D eigenvalue weighted by molar-refractivity contribution is 0.202. The van der Waals surface area contributed by atoms with Crippen molar-refractivity contribution >= 4 is 0 Å². The highest BCUT2D eigenvalue weighted by Crippen LogP contribution is 2.36. The van der Waals surface area contributed by atoms with Crippen molar-refractivity contribution < 1.29 is 0 Å². The van der Waals surface area contributed by atoms with Gasteiger partial charge < -0.3 is 5.32 Å². The molecule has 1 saturated carbocycles. The largest absolute Gasteiger partial charge is 0.317 e. The van der Waals surface area contributed by atoms with Crippen LogP contribution in [0, 0.1) is 11.3 Å². The van der Waals surface area contributed by atoms with Gasteiger partial charge >= 0.3 is 0 Å².